The number of aryl methyl sites for hydroxylation is 2. The zero-order valence-corrected chi connectivity index (χ0v) is 15.8. The van der Waals surface area contributed by atoms with E-state index in [1.165, 1.54) is 4.68 Å². The number of Topliss-reactive ketones (excluding diaryl/α,β-unsaturated/α-hetero) is 1. The minimum atomic E-state index is -0.156. The van der Waals surface area contributed by atoms with E-state index >= 15 is 0 Å². The summed E-state index contributed by atoms with van der Waals surface area (Å²) in [4.78, 5) is 29.6. The number of rotatable bonds is 7. The Hall–Kier alpha value is -3.80. The molecule has 0 aliphatic heterocycles. The van der Waals surface area contributed by atoms with Crippen LogP contribution >= 0.6 is 0 Å². The van der Waals surface area contributed by atoms with E-state index in [2.05, 4.69) is 15.4 Å². The zero-order chi connectivity index (χ0) is 20.1. The lowest BCUT2D eigenvalue weighted by Gasteiger charge is -2.12. The van der Waals surface area contributed by atoms with Crippen molar-refractivity contribution < 1.29 is 4.79 Å². The van der Waals surface area contributed by atoms with Gasteiger partial charge in [-0.2, -0.15) is 5.10 Å². The SMILES string of the molecule is O=C(CNc1nn(CCc2ccccn2)c(=O)c2ccccc12)c1ccccc1. The number of aromatic nitrogens is 3. The van der Waals surface area contributed by atoms with Crippen LogP contribution in [-0.4, -0.2) is 27.1 Å². The van der Waals surface area contributed by atoms with Crippen molar-refractivity contribution in [1.82, 2.24) is 14.8 Å². The number of pyridine rings is 1. The largest absolute Gasteiger partial charge is 0.361 e. The second kappa shape index (κ2) is 8.48. The Morgan fingerprint density at radius 3 is 2.38 bits per heavy atom. The lowest BCUT2D eigenvalue weighted by atomic mass is 10.1. The molecule has 2 aromatic carbocycles. The predicted octanol–water partition coefficient (Wildman–Crippen LogP) is 3.33. The predicted molar refractivity (Wildman–Crippen MR) is 113 cm³/mol. The molecule has 0 fully saturated rings. The maximum Gasteiger partial charge on any atom is 0.274 e. The lowest BCUT2D eigenvalue weighted by molar-refractivity contribution is 0.101. The Bertz CT molecular complexity index is 1190. The van der Waals surface area contributed by atoms with Crippen molar-refractivity contribution in [3.05, 3.63) is 101 Å². The van der Waals surface area contributed by atoms with Gasteiger partial charge in [-0.05, 0) is 18.2 Å². The molecular weight excluding hydrogens is 364 g/mol. The fourth-order valence-electron chi connectivity index (χ4n) is 3.17. The van der Waals surface area contributed by atoms with E-state index in [0.29, 0.717) is 35.1 Å². The molecule has 0 saturated carbocycles. The molecule has 6 nitrogen and oxygen atoms in total. The fourth-order valence-corrected chi connectivity index (χ4v) is 3.17. The zero-order valence-electron chi connectivity index (χ0n) is 15.8. The summed E-state index contributed by atoms with van der Waals surface area (Å²) in [6, 6.07) is 22.1. The van der Waals surface area contributed by atoms with Crippen molar-refractivity contribution in [2.75, 3.05) is 11.9 Å². The Labute approximate surface area is 167 Å². The molecule has 0 saturated heterocycles. The summed E-state index contributed by atoms with van der Waals surface area (Å²) in [7, 11) is 0. The third-order valence-corrected chi connectivity index (χ3v) is 4.69. The molecule has 4 rings (SSSR count). The summed E-state index contributed by atoms with van der Waals surface area (Å²) in [6.07, 6.45) is 2.32. The van der Waals surface area contributed by atoms with E-state index in [1.807, 2.05) is 54.6 Å². The average molecular weight is 384 g/mol. The molecule has 4 aromatic rings. The molecule has 0 unspecified atom stereocenters. The van der Waals surface area contributed by atoms with E-state index in [0.717, 1.165) is 5.69 Å². The van der Waals surface area contributed by atoms with Crippen LogP contribution in [0.2, 0.25) is 0 Å². The Kier molecular flexibility index (Phi) is 5.42. The van der Waals surface area contributed by atoms with Crippen LogP contribution in [0.3, 0.4) is 0 Å². The van der Waals surface area contributed by atoms with Crippen molar-refractivity contribution in [2.45, 2.75) is 13.0 Å². The van der Waals surface area contributed by atoms with Crippen LogP contribution in [0.25, 0.3) is 10.8 Å². The van der Waals surface area contributed by atoms with Crippen molar-refractivity contribution in [2.24, 2.45) is 0 Å². The summed E-state index contributed by atoms with van der Waals surface area (Å²) in [5.74, 6) is 0.480. The number of carbonyl (C=O) groups excluding carboxylic acids is 1. The highest BCUT2D eigenvalue weighted by atomic mass is 16.1. The van der Waals surface area contributed by atoms with Crippen LogP contribution in [0, 0.1) is 0 Å². The van der Waals surface area contributed by atoms with Crippen molar-refractivity contribution in [1.29, 1.82) is 0 Å². The van der Waals surface area contributed by atoms with Gasteiger partial charge < -0.3 is 5.32 Å². The van der Waals surface area contributed by atoms with Crippen LogP contribution in [0.1, 0.15) is 16.1 Å². The number of anilines is 1. The highest BCUT2D eigenvalue weighted by molar-refractivity contribution is 6.00. The first kappa shape index (κ1) is 18.6. The van der Waals surface area contributed by atoms with Crippen LogP contribution in [0.4, 0.5) is 5.82 Å². The maximum atomic E-state index is 12.8. The number of carbonyl (C=O) groups is 1. The summed E-state index contributed by atoms with van der Waals surface area (Å²) < 4.78 is 1.44. The highest BCUT2D eigenvalue weighted by Gasteiger charge is 2.12. The van der Waals surface area contributed by atoms with E-state index in [4.69, 9.17) is 0 Å². The minimum Gasteiger partial charge on any atom is -0.361 e. The second-order valence-electron chi connectivity index (χ2n) is 6.64. The van der Waals surface area contributed by atoms with Gasteiger partial charge in [-0.1, -0.05) is 54.6 Å². The average Bonchev–Trinajstić information content (AvgIpc) is 2.79. The summed E-state index contributed by atoms with van der Waals surface area (Å²) in [5.41, 5.74) is 1.37. The second-order valence-corrected chi connectivity index (χ2v) is 6.64. The normalized spacial score (nSPS) is 10.8. The molecule has 6 heteroatoms. The smallest absolute Gasteiger partial charge is 0.274 e. The van der Waals surface area contributed by atoms with Crippen LogP contribution in [0.15, 0.2) is 83.8 Å². The van der Waals surface area contributed by atoms with Crippen LogP contribution in [-0.2, 0) is 13.0 Å². The van der Waals surface area contributed by atoms with Gasteiger partial charge in [0.05, 0.1) is 18.5 Å². The standard InChI is InChI=1S/C23H20N4O2/c28-21(17-8-2-1-3-9-17)16-25-22-19-11-4-5-12-20(19)23(29)27(26-22)15-13-18-10-6-7-14-24-18/h1-12,14H,13,15-16H2,(H,25,26). The van der Waals surface area contributed by atoms with Gasteiger partial charge in [-0.25, -0.2) is 4.68 Å². The Morgan fingerprint density at radius 1 is 0.897 bits per heavy atom. The van der Waals surface area contributed by atoms with Crippen molar-refractivity contribution in [3.63, 3.8) is 0 Å². The van der Waals surface area contributed by atoms with Crippen LogP contribution in [0.5, 0.6) is 0 Å². The quantitative estimate of drug-likeness (QED) is 0.495. The van der Waals surface area contributed by atoms with Gasteiger partial charge >= 0.3 is 0 Å². The first-order chi connectivity index (χ1) is 14.2. The lowest BCUT2D eigenvalue weighted by Crippen LogP contribution is -2.26. The maximum absolute atomic E-state index is 12.8. The molecule has 2 aromatic heterocycles. The van der Waals surface area contributed by atoms with Gasteiger partial charge in [0.2, 0.25) is 0 Å². The molecular formula is C23H20N4O2. The van der Waals surface area contributed by atoms with Gasteiger partial charge in [0, 0.05) is 29.3 Å². The van der Waals surface area contributed by atoms with E-state index < -0.39 is 0 Å². The third-order valence-electron chi connectivity index (χ3n) is 4.69. The number of hydrogen-bond donors (Lipinski definition) is 1. The molecule has 0 aliphatic carbocycles. The number of nitrogens with zero attached hydrogens (tertiary/aromatic N) is 3. The number of nitrogens with one attached hydrogen (secondary N) is 1. The van der Waals surface area contributed by atoms with Gasteiger partial charge in [0.1, 0.15) is 0 Å². The topological polar surface area (TPSA) is 76.9 Å². The molecule has 0 bridgehead atoms. The fraction of sp³-hybridized carbons (Fsp3) is 0.130. The molecule has 0 radical (unpaired) electrons. The van der Waals surface area contributed by atoms with Crippen molar-refractivity contribution in [3.8, 4) is 0 Å². The molecule has 0 amide bonds. The molecule has 1 N–H and O–H groups in total. The minimum absolute atomic E-state index is 0.0392. The van der Waals surface area contributed by atoms with E-state index in [9.17, 15) is 9.59 Å². The Morgan fingerprint density at radius 2 is 1.62 bits per heavy atom. The summed E-state index contributed by atoms with van der Waals surface area (Å²) >= 11 is 0. The van der Waals surface area contributed by atoms with Gasteiger partial charge in [0.15, 0.2) is 11.6 Å². The molecule has 0 spiro atoms. The Balaban J connectivity index is 1.61. The third kappa shape index (κ3) is 4.21. The van der Waals surface area contributed by atoms with Crippen LogP contribution < -0.4 is 10.9 Å². The molecule has 29 heavy (non-hydrogen) atoms. The first-order valence-electron chi connectivity index (χ1n) is 9.44. The number of benzene rings is 2. The first-order valence-corrected chi connectivity index (χ1v) is 9.44. The number of hydrogen-bond acceptors (Lipinski definition) is 5. The molecule has 0 atom stereocenters. The van der Waals surface area contributed by atoms with Gasteiger partial charge in [-0.15, -0.1) is 0 Å². The van der Waals surface area contributed by atoms with E-state index in [1.54, 1.807) is 24.4 Å². The number of fused-ring (bicyclic) bond motifs is 1. The summed E-state index contributed by atoms with van der Waals surface area (Å²) in [6.45, 7) is 0.501. The highest BCUT2D eigenvalue weighted by Crippen LogP contribution is 2.18. The van der Waals surface area contributed by atoms with E-state index in [-0.39, 0.29) is 17.9 Å². The molecule has 144 valence electrons. The number of ketones is 1. The summed E-state index contributed by atoms with van der Waals surface area (Å²) in [5, 5.41) is 8.88. The van der Waals surface area contributed by atoms with Gasteiger partial charge in [0.25, 0.3) is 5.56 Å². The monoisotopic (exact) mass is 384 g/mol. The van der Waals surface area contributed by atoms with Crippen molar-refractivity contribution >= 4 is 22.4 Å². The molecule has 0 aliphatic rings. The molecule has 2 heterocycles. The van der Waals surface area contributed by atoms with Gasteiger partial charge in [-0.3, -0.25) is 14.6 Å².